The number of allylic oxidation sites excluding steroid dienone is 1. The van der Waals surface area contributed by atoms with Gasteiger partial charge in [-0.2, -0.15) is 13.2 Å². The quantitative estimate of drug-likeness (QED) is 0.852. The summed E-state index contributed by atoms with van der Waals surface area (Å²) < 4.78 is 44.6. The van der Waals surface area contributed by atoms with Crippen LogP contribution in [-0.2, 0) is 10.9 Å². The SMILES string of the molecule is CCOC1=CC=N[C@@H](C)N1C(C)c1cc(N)cc(C(F)(F)F)c1. The van der Waals surface area contributed by atoms with Gasteiger partial charge >= 0.3 is 6.18 Å². The topological polar surface area (TPSA) is 50.8 Å². The van der Waals surface area contributed by atoms with Crippen LogP contribution in [0.2, 0.25) is 0 Å². The molecule has 0 radical (unpaired) electrons. The van der Waals surface area contributed by atoms with Gasteiger partial charge in [0, 0.05) is 18.0 Å². The Labute approximate surface area is 133 Å². The Morgan fingerprint density at radius 3 is 2.65 bits per heavy atom. The molecule has 1 aromatic carbocycles. The lowest BCUT2D eigenvalue weighted by molar-refractivity contribution is -0.137. The number of alkyl halides is 3. The normalized spacial score (nSPS) is 19.5. The highest BCUT2D eigenvalue weighted by atomic mass is 19.4. The summed E-state index contributed by atoms with van der Waals surface area (Å²) in [7, 11) is 0. The Hall–Kier alpha value is -2.18. The first-order valence-electron chi connectivity index (χ1n) is 7.36. The van der Waals surface area contributed by atoms with Gasteiger partial charge in [-0.1, -0.05) is 0 Å². The number of benzene rings is 1. The fraction of sp³-hybridized carbons (Fsp3) is 0.438. The highest BCUT2D eigenvalue weighted by molar-refractivity contribution is 5.72. The first kappa shape index (κ1) is 17.2. The molecule has 126 valence electrons. The summed E-state index contributed by atoms with van der Waals surface area (Å²) in [5.74, 6) is 0.582. The van der Waals surface area contributed by atoms with Crippen molar-refractivity contribution >= 4 is 11.9 Å². The maximum absolute atomic E-state index is 13.0. The Morgan fingerprint density at radius 1 is 1.35 bits per heavy atom. The van der Waals surface area contributed by atoms with E-state index in [1.165, 1.54) is 0 Å². The van der Waals surface area contributed by atoms with Crippen molar-refractivity contribution in [2.24, 2.45) is 4.99 Å². The lowest BCUT2D eigenvalue weighted by Crippen LogP contribution is -2.36. The molecule has 0 saturated heterocycles. The number of anilines is 1. The zero-order valence-electron chi connectivity index (χ0n) is 13.3. The van der Waals surface area contributed by atoms with E-state index in [0.29, 0.717) is 18.1 Å². The number of nitrogens with two attached hydrogens (primary N) is 1. The van der Waals surface area contributed by atoms with Gasteiger partial charge in [-0.3, -0.25) is 4.99 Å². The average Bonchev–Trinajstić information content (AvgIpc) is 2.45. The van der Waals surface area contributed by atoms with Crippen molar-refractivity contribution in [3.63, 3.8) is 0 Å². The van der Waals surface area contributed by atoms with Crippen molar-refractivity contribution in [3.8, 4) is 0 Å². The van der Waals surface area contributed by atoms with Crippen LogP contribution in [0, 0.1) is 0 Å². The monoisotopic (exact) mass is 327 g/mol. The van der Waals surface area contributed by atoms with Crippen LogP contribution in [0.4, 0.5) is 18.9 Å². The van der Waals surface area contributed by atoms with Gasteiger partial charge in [-0.25, -0.2) is 0 Å². The number of hydrogen-bond acceptors (Lipinski definition) is 4. The smallest absolute Gasteiger partial charge is 0.416 e. The van der Waals surface area contributed by atoms with Gasteiger partial charge in [0.2, 0.25) is 0 Å². The molecule has 1 aromatic rings. The molecule has 0 amide bonds. The van der Waals surface area contributed by atoms with E-state index in [2.05, 4.69) is 4.99 Å². The van der Waals surface area contributed by atoms with Gasteiger partial charge in [-0.15, -0.1) is 0 Å². The zero-order chi connectivity index (χ0) is 17.2. The predicted molar refractivity (Wildman–Crippen MR) is 83.8 cm³/mol. The fourth-order valence-corrected chi connectivity index (χ4v) is 2.60. The molecule has 2 atom stereocenters. The second-order valence-electron chi connectivity index (χ2n) is 5.34. The van der Waals surface area contributed by atoms with E-state index < -0.39 is 11.7 Å². The van der Waals surface area contributed by atoms with Gasteiger partial charge in [0.1, 0.15) is 6.17 Å². The van der Waals surface area contributed by atoms with Crippen LogP contribution in [0.1, 0.15) is 37.9 Å². The first-order chi connectivity index (χ1) is 10.7. The van der Waals surface area contributed by atoms with E-state index in [4.69, 9.17) is 10.5 Å². The van der Waals surface area contributed by atoms with Crippen LogP contribution in [0.15, 0.2) is 35.2 Å². The molecule has 2 N–H and O–H groups in total. The number of nitrogen functional groups attached to an aromatic ring is 1. The van der Waals surface area contributed by atoms with Crippen LogP contribution in [0.5, 0.6) is 0 Å². The van der Waals surface area contributed by atoms with E-state index in [-0.39, 0.29) is 17.9 Å². The number of nitrogens with zero attached hydrogens (tertiary/aromatic N) is 2. The fourth-order valence-electron chi connectivity index (χ4n) is 2.60. The van der Waals surface area contributed by atoms with Gasteiger partial charge in [0.15, 0.2) is 5.88 Å². The molecule has 1 aliphatic rings. The number of rotatable bonds is 4. The highest BCUT2D eigenvalue weighted by Gasteiger charge is 2.33. The third-order valence-corrected chi connectivity index (χ3v) is 3.67. The van der Waals surface area contributed by atoms with Crippen molar-refractivity contribution in [2.45, 2.75) is 39.2 Å². The molecule has 0 aromatic heterocycles. The second kappa shape index (κ2) is 6.52. The van der Waals surface area contributed by atoms with Crippen LogP contribution in [-0.4, -0.2) is 23.9 Å². The Balaban J connectivity index is 2.39. The van der Waals surface area contributed by atoms with Crippen LogP contribution < -0.4 is 5.73 Å². The lowest BCUT2D eigenvalue weighted by Gasteiger charge is -2.37. The first-order valence-corrected chi connectivity index (χ1v) is 7.36. The van der Waals surface area contributed by atoms with Gasteiger partial charge < -0.3 is 15.4 Å². The summed E-state index contributed by atoms with van der Waals surface area (Å²) in [6, 6.07) is 3.24. The Morgan fingerprint density at radius 2 is 2.04 bits per heavy atom. The molecule has 23 heavy (non-hydrogen) atoms. The molecule has 2 rings (SSSR count). The average molecular weight is 327 g/mol. The molecule has 1 unspecified atom stereocenters. The van der Waals surface area contributed by atoms with Crippen molar-refractivity contribution in [1.29, 1.82) is 0 Å². The molecule has 0 saturated carbocycles. The molecule has 1 aliphatic heterocycles. The third kappa shape index (κ3) is 3.78. The largest absolute Gasteiger partial charge is 0.479 e. The van der Waals surface area contributed by atoms with E-state index >= 15 is 0 Å². The minimum absolute atomic E-state index is 0.0804. The summed E-state index contributed by atoms with van der Waals surface area (Å²) in [5.41, 5.74) is 5.45. The Kier molecular flexibility index (Phi) is 4.87. The van der Waals surface area contributed by atoms with Crippen molar-refractivity contribution in [3.05, 3.63) is 41.3 Å². The molecule has 0 spiro atoms. The predicted octanol–water partition coefficient (Wildman–Crippen LogP) is 3.96. The third-order valence-electron chi connectivity index (χ3n) is 3.67. The van der Waals surface area contributed by atoms with Crippen LogP contribution in [0.25, 0.3) is 0 Å². The number of ether oxygens (including phenoxy) is 1. The maximum Gasteiger partial charge on any atom is 0.416 e. The van der Waals surface area contributed by atoms with E-state index in [0.717, 1.165) is 12.1 Å². The molecular formula is C16H20F3N3O. The van der Waals surface area contributed by atoms with Crippen molar-refractivity contribution in [1.82, 2.24) is 4.90 Å². The molecule has 1 heterocycles. The standard InChI is InChI=1S/C16H20F3N3O/c1-4-23-15-5-6-21-11(3)22(15)10(2)12-7-13(16(17,18)19)9-14(20)8-12/h5-11H,4,20H2,1-3H3/t10?,11-/m1/s1. The summed E-state index contributed by atoms with van der Waals surface area (Å²) in [5, 5.41) is 0. The summed E-state index contributed by atoms with van der Waals surface area (Å²) in [6.07, 6.45) is -1.34. The lowest BCUT2D eigenvalue weighted by atomic mass is 10.0. The van der Waals surface area contributed by atoms with Gasteiger partial charge in [0.25, 0.3) is 0 Å². The zero-order valence-corrected chi connectivity index (χ0v) is 13.3. The number of halogens is 3. The second-order valence-corrected chi connectivity index (χ2v) is 5.34. The summed E-state index contributed by atoms with van der Waals surface area (Å²) in [6.45, 7) is 5.97. The van der Waals surface area contributed by atoms with E-state index in [9.17, 15) is 13.2 Å². The highest BCUT2D eigenvalue weighted by Crippen LogP contribution is 2.35. The Bertz CT molecular complexity index is 625. The van der Waals surface area contributed by atoms with Crippen molar-refractivity contribution in [2.75, 3.05) is 12.3 Å². The summed E-state index contributed by atoms with van der Waals surface area (Å²) >= 11 is 0. The van der Waals surface area contributed by atoms with Crippen LogP contribution >= 0.6 is 0 Å². The molecule has 0 bridgehead atoms. The number of hydrogen-bond donors (Lipinski definition) is 1. The minimum atomic E-state index is -4.44. The van der Waals surface area contributed by atoms with E-state index in [1.54, 1.807) is 25.3 Å². The summed E-state index contributed by atoms with van der Waals surface area (Å²) in [4.78, 5) is 6.11. The molecule has 4 nitrogen and oxygen atoms in total. The van der Waals surface area contributed by atoms with E-state index in [1.807, 2.05) is 18.7 Å². The van der Waals surface area contributed by atoms with Crippen LogP contribution in [0.3, 0.4) is 0 Å². The number of aliphatic imine (C=N–C) groups is 1. The molecule has 0 fully saturated rings. The molecular weight excluding hydrogens is 307 g/mol. The minimum Gasteiger partial charge on any atom is -0.479 e. The van der Waals surface area contributed by atoms with Crippen molar-refractivity contribution < 1.29 is 17.9 Å². The maximum atomic E-state index is 13.0. The molecule has 0 aliphatic carbocycles. The van der Waals surface area contributed by atoms with Gasteiger partial charge in [0.05, 0.1) is 18.2 Å². The van der Waals surface area contributed by atoms with Gasteiger partial charge in [-0.05, 0) is 44.5 Å². The molecule has 7 heteroatoms.